The molecule has 3 rings (SSSR count). The number of aromatic nitrogens is 2. The number of hydrogen-bond donors (Lipinski definition) is 1. The first kappa shape index (κ1) is 21.8. The van der Waals surface area contributed by atoms with Crippen LogP contribution in [0.3, 0.4) is 0 Å². The zero-order valence-electron chi connectivity index (χ0n) is 17.7. The van der Waals surface area contributed by atoms with Crippen molar-refractivity contribution in [3.05, 3.63) is 18.5 Å². The van der Waals surface area contributed by atoms with E-state index in [9.17, 15) is 8.42 Å². The molecule has 0 radical (unpaired) electrons. The number of nitrogens with one attached hydrogen (secondary N) is 1. The third-order valence-corrected chi connectivity index (χ3v) is 8.10. The summed E-state index contributed by atoms with van der Waals surface area (Å²) in [5.41, 5.74) is 0. The van der Waals surface area contributed by atoms with Gasteiger partial charge in [0.15, 0.2) is 15.8 Å². The molecule has 0 atom stereocenters. The van der Waals surface area contributed by atoms with Crippen LogP contribution in [0.25, 0.3) is 0 Å². The minimum absolute atomic E-state index is 0.175. The molecule has 0 unspecified atom stereocenters. The lowest BCUT2D eigenvalue weighted by atomic mass is 10.2. The second-order valence-corrected chi connectivity index (χ2v) is 10.9. The van der Waals surface area contributed by atoms with Crippen LogP contribution < -0.4 is 10.2 Å². The Morgan fingerprint density at radius 1 is 1.17 bits per heavy atom. The fourth-order valence-corrected chi connectivity index (χ4v) is 5.04. The van der Waals surface area contributed by atoms with Crippen LogP contribution in [0.2, 0.25) is 0 Å². The monoisotopic (exact) mass is 423 g/mol. The topological polar surface area (TPSA) is 94.0 Å². The minimum Gasteiger partial charge on any atom is -0.357 e. The van der Waals surface area contributed by atoms with Gasteiger partial charge >= 0.3 is 0 Å². The lowest BCUT2D eigenvalue weighted by molar-refractivity contribution is 0.263. The summed E-state index contributed by atoms with van der Waals surface area (Å²) in [6, 6.07) is 1.83. The number of anilines is 1. The summed E-state index contributed by atoms with van der Waals surface area (Å²) in [6.45, 7) is 12.7. The van der Waals surface area contributed by atoms with Crippen LogP contribution in [0.4, 0.5) is 5.95 Å². The van der Waals surface area contributed by atoms with Gasteiger partial charge in [-0.25, -0.2) is 18.4 Å². The molecule has 0 spiro atoms. The molecule has 2 fully saturated rings. The van der Waals surface area contributed by atoms with E-state index in [1.54, 1.807) is 26.2 Å². The van der Waals surface area contributed by atoms with E-state index in [1.807, 2.05) is 13.0 Å². The third kappa shape index (κ3) is 5.36. The summed E-state index contributed by atoms with van der Waals surface area (Å²) in [6.07, 6.45) is 3.55. The van der Waals surface area contributed by atoms with Crippen LogP contribution in [0.1, 0.15) is 20.8 Å². The summed E-state index contributed by atoms with van der Waals surface area (Å²) in [7, 11) is -3.06. The Balaban J connectivity index is 1.51. The smallest absolute Gasteiger partial charge is 0.225 e. The minimum atomic E-state index is -3.06. The van der Waals surface area contributed by atoms with Gasteiger partial charge in [-0.1, -0.05) is 0 Å². The van der Waals surface area contributed by atoms with Crippen LogP contribution in [0, 0.1) is 0 Å². The van der Waals surface area contributed by atoms with Crippen molar-refractivity contribution in [2.24, 2.45) is 4.99 Å². The highest BCUT2D eigenvalue weighted by Crippen LogP contribution is 2.23. The Bertz CT molecular complexity index is 790. The molecule has 0 aromatic carbocycles. The quantitative estimate of drug-likeness (QED) is 0.525. The van der Waals surface area contributed by atoms with Crippen LogP contribution in [-0.2, 0) is 9.84 Å². The molecule has 1 aromatic heterocycles. The maximum atomic E-state index is 12.3. The predicted molar refractivity (Wildman–Crippen MR) is 116 cm³/mol. The highest BCUT2D eigenvalue weighted by molar-refractivity contribution is 7.92. The average Bonchev–Trinajstić information content (AvgIpc) is 2.71. The van der Waals surface area contributed by atoms with Crippen LogP contribution in [0.15, 0.2) is 23.5 Å². The van der Waals surface area contributed by atoms with Crippen molar-refractivity contribution in [1.29, 1.82) is 0 Å². The average molecular weight is 424 g/mol. The van der Waals surface area contributed by atoms with Gasteiger partial charge in [0.1, 0.15) is 0 Å². The molecule has 10 heteroatoms. The number of aliphatic imine (C=N–C) groups is 1. The van der Waals surface area contributed by atoms with Gasteiger partial charge in [0.25, 0.3) is 0 Å². The van der Waals surface area contributed by atoms with Gasteiger partial charge in [0.2, 0.25) is 5.95 Å². The fraction of sp³-hybridized carbons (Fsp3) is 0.737. The van der Waals surface area contributed by atoms with Gasteiger partial charge in [-0.15, -0.1) is 0 Å². The van der Waals surface area contributed by atoms with E-state index in [0.717, 1.165) is 51.2 Å². The van der Waals surface area contributed by atoms with Gasteiger partial charge in [0, 0.05) is 64.8 Å². The first-order valence-corrected chi connectivity index (χ1v) is 12.0. The third-order valence-electron chi connectivity index (χ3n) is 5.56. The van der Waals surface area contributed by atoms with E-state index < -0.39 is 14.6 Å². The van der Waals surface area contributed by atoms with E-state index in [-0.39, 0.29) is 5.75 Å². The van der Waals surface area contributed by atoms with Gasteiger partial charge in [0.05, 0.1) is 17.0 Å². The number of sulfone groups is 1. The zero-order valence-corrected chi connectivity index (χ0v) is 18.5. The largest absolute Gasteiger partial charge is 0.357 e. The number of piperazine rings is 1. The summed E-state index contributed by atoms with van der Waals surface area (Å²) in [5, 5.41) is 3.32. The Labute approximate surface area is 174 Å². The lowest BCUT2D eigenvalue weighted by Gasteiger charge is -2.39. The number of guanidine groups is 1. The van der Waals surface area contributed by atoms with Crippen LogP contribution in [-0.4, -0.2) is 104 Å². The first-order chi connectivity index (χ1) is 13.8. The molecule has 0 saturated carbocycles. The molecule has 2 saturated heterocycles. The summed E-state index contributed by atoms with van der Waals surface area (Å²) in [5.74, 6) is 1.78. The molecule has 29 heavy (non-hydrogen) atoms. The molecule has 9 nitrogen and oxygen atoms in total. The second-order valence-electron chi connectivity index (χ2n) is 8.11. The second kappa shape index (κ2) is 9.25. The van der Waals surface area contributed by atoms with Crippen molar-refractivity contribution in [2.75, 3.05) is 69.6 Å². The number of rotatable bonds is 5. The van der Waals surface area contributed by atoms with Crippen molar-refractivity contribution in [2.45, 2.75) is 25.5 Å². The summed E-state index contributed by atoms with van der Waals surface area (Å²) < 4.78 is 23.8. The first-order valence-electron chi connectivity index (χ1n) is 10.3. The van der Waals surface area contributed by atoms with Crippen molar-refractivity contribution in [3.8, 4) is 0 Å². The molecule has 3 heterocycles. The van der Waals surface area contributed by atoms with E-state index in [2.05, 4.69) is 30.0 Å². The Kier molecular flexibility index (Phi) is 6.94. The van der Waals surface area contributed by atoms with Crippen molar-refractivity contribution in [3.63, 3.8) is 0 Å². The lowest BCUT2D eigenvalue weighted by Crippen LogP contribution is -2.57. The normalized spacial score (nSPS) is 22.5. The summed E-state index contributed by atoms with van der Waals surface area (Å²) in [4.78, 5) is 20.1. The van der Waals surface area contributed by atoms with Crippen LogP contribution in [0.5, 0.6) is 0 Å². The molecular formula is C19H33N7O2S. The van der Waals surface area contributed by atoms with E-state index in [1.165, 1.54) is 0 Å². The number of hydrogen-bond acceptors (Lipinski definition) is 7. The van der Waals surface area contributed by atoms with Crippen molar-refractivity contribution < 1.29 is 8.42 Å². The maximum Gasteiger partial charge on any atom is 0.225 e. The molecule has 0 amide bonds. The molecular weight excluding hydrogens is 390 g/mol. The molecule has 0 aliphatic carbocycles. The molecule has 2 aliphatic rings. The van der Waals surface area contributed by atoms with E-state index in [0.29, 0.717) is 19.6 Å². The highest BCUT2D eigenvalue weighted by atomic mass is 32.2. The van der Waals surface area contributed by atoms with Gasteiger partial charge < -0.3 is 15.1 Å². The van der Waals surface area contributed by atoms with Gasteiger partial charge in [-0.05, 0) is 26.8 Å². The highest BCUT2D eigenvalue weighted by Gasteiger charge is 2.40. The van der Waals surface area contributed by atoms with Gasteiger partial charge in [-0.2, -0.15) is 0 Å². The molecule has 1 aromatic rings. The molecule has 1 N–H and O–H groups in total. The Morgan fingerprint density at radius 2 is 1.86 bits per heavy atom. The molecule has 2 aliphatic heterocycles. The maximum absolute atomic E-state index is 12.3. The SMILES string of the molecule is CCNC(=NCCN1CCN(c2ncccn2)CC1)N1CCS(=O)(=O)C(C)(C)C1. The zero-order chi connectivity index (χ0) is 20.9. The summed E-state index contributed by atoms with van der Waals surface area (Å²) >= 11 is 0. The number of nitrogens with zero attached hydrogens (tertiary/aromatic N) is 6. The van der Waals surface area contributed by atoms with Gasteiger partial charge in [-0.3, -0.25) is 9.89 Å². The Hall–Kier alpha value is -1.94. The van der Waals surface area contributed by atoms with Crippen molar-refractivity contribution >= 4 is 21.7 Å². The predicted octanol–water partition coefficient (Wildman–Crippen LogP) is 0.0731. The van der Waals surface area contributed by atoms with Crippen LogP contribution >= 0.6 is 0 Å². The van der Waals surface area contributed by atoms with E-state index in [4.69, 9.17) is 4.99 Å². The molecule has 162 valence electrons. The standard InChI is InChI=1S/C19H33N7O2S/c1-4-20-17(26-14-15-29(27,28)19(2,3)16-26)23-8-9-24-10-12-25(13-11-24)18-21-6-5-7-22-18/h5-7H,4,8-16H2,1-3H3,(H,20,23). The van der Waals surface area contributed by atoms with Crippen molar-refractivity contribution in [1.82, 2.24) is 25.1 Å². The Morgan fingerprint density at radius 3 is 2.48 bits per heavy atom. The van der Waals surface area contributed by atoms with E-state index >= 15 is 0 Å². The fourth-order valence-electron chi connectivity index (χ4n) is 3.67. The molecule has 0 bridgehead atoms.